The summed E-state index contributed by atoms with van der Waals surface area (Å²) >= 11 is 0. The molecule has 0 amide bonds. The summed E-state index contributed by atoms with van der Waals surface area (Å²) < 4.78 is 16.7. The van der Waals surface area contributed by atoms with E-state index in [-0.39, 0.29) is 0 Å². The van der Waals surface area contributed by atoms with Crippen molar-refractivity contribution in [2.45, 2.75) is 40.3 Å². The van der Waals surface area contributed by atoms with Crippen LogP contribution in [0, 0.1) is 6.92 Å². The first kappa shape index (κ1) is 23.5. The Morgan fingerprint density at radius 1 is 1.03 bits per heavy atom. The topological polar surface area (TPSA) is 77.0 Å². The number of methoxy groups -OCH3 is 1. The molecule has 0 aliphatic carbocycles. The smallest absolute Gasteiger partial charge is 0.218 e. The van der Waals surface area contributed by atoms with Crippen molar-refractivity contribution in [3.63, 3.8) is 0 Å². The highest BCUT2D eigenvalue weighted by molar-refractivity contribution is 5.79. The number of pyridine rings is 1. The number of hydrogen-bond acceptors (Lipinski definition) is 5. The van der Waals surface area contributed by atoms with Gasteiger partial charge < -0.3 is 24.8 Å². The normalized spacial score (nSPS) is 11.3. The summed E-state index contributed by atoms with van der Waals surface area (Å²) in [5.41, 5.74) is 3.21. The number of guanidine groups is 1. The van der Waals surface area contributed by atoms with Gasteiger partial charge in [-0.3, -0.25) is 0 Å². The number of benzene rings is 1. The predicted molar refractivity (Wildman–Crippen MR) is 120 cm³/mol. The molecule has 0 radical (unpaired) electrons. The van der Waals surface area contributed by atoms with Gasteiger partial charge in [0, 0.05) is 37.5 Å². The summed E-state index contributed by atoms with van der Waals surface area (Å²) in [6.07, 6.45) is 2.69. The van der Waals surface area contributed by atoms with Crippen molar-refractivity contribution in [1.29, 1.82) is 0 Å². The standard InChI is InChI=1S/C23H34N4O3/c1-5-12-29-21-15-18(3)9-10-19(21)16-26-23(24-6-2)27-17-20-8-7-11-25-22(20)30-14-13-28-4/h7-11,15H,5-6,12-14,16-17H2,1-4H3,(H2,24,26,27). The van der Waals surface area contributed by atoms with Gasteiger partial charge in [0.25, 0.3) is 0 Å². The zero-order chi connectivity index (χ0) is 21.6. The summed E-state index contributed by atoms with van der Waals surface area (Å²) in [6, 6.07) is 10.1. The molecule has 1 aromatic carbocycles. The van der Waals surface area contributed by atoms with Crippen molar-refractivity contribution in [2.24, 2.45) is 4.99 Å². The van der Waals surface area contributed by atoms with Crippen LogP contribution in [0.2, 0.25) is 0 Å². The van der Waals surface area contributed by atoms with Crippen LogP contribution in [0.5, 0.6) is 11.6 Å². The zero-order valence-corrected chi connectivity index (χ0v) is 18.5. The molecule has 0 aliphatic rings. The van der Waals surface area contributed by atoms with Crippen LogP contribution in [0.3, 0.4) is 0 Å². The number of aryl methyl sites for hydroxylation is 1. The van der Waals surface area contributed by atoms with Crippen LogP contribution in [0.4, 0.5) is 0 Å². The Bertz CT molecular complexity index is 796. The summed E-state index contributed by atoms with van der Waals surface area (Å²) in [6.45, 7) is 9.74. The fourth-order valence-corrected chi connectivity index (χ4v) is 2.74. The van der Waals surface area contributed by atoms with Gasteiger partial charge >= 0.3 is 0 Å². The molecule has 30 heavy (non-hydrogen) atoms. The molecule has 1 heterocycles. The molecule has 0 fully saturated rings. The molecule has 0 atom stereocenters. The minimum atomic E-state index is 0.455. The number of rotatable bonds is 12. The highest BCUT2D eigenvalue weighted by atomic mass is 16.5. The maximum atomic E-state index is 5.92. The second-order valence-electron chi connectivity index (χ2n) is 6.82. The van der Waals surface area contributed by atoms with E-state index < -0.39 is 0 Å². The van der Waals surface area contributed by atoms with Crippen LogP contribution in [-0.2, 0) is 17.8 Å². The van der Waals surface area contributed by atoms with Crippen LogP contribution >= 0.6 is 0 Å². The van der Waals surface area contributed by atoms with Crippen molar-refractivity contribution >= 4 is 5.96 Å². The van der Waals surface area contributed by atoms with Gasteiger partial charge in [-0.15, -0.1) is 0 Å². The minimum Gasteiger partial charge on any atom is -0.493 e. The maximum Gasteiger partial charge on any atom is 0.218 e. The zero-order valence-electron chi connectivity index (χ0n) is 18.5. The summed E-state index contributed by atoms with van der Waals surface area (Å²) in [5, 5.41) is 6.68. The van der Waals surface area contributed by atoms with Gasteiger partial charge in [0.2, 0.25) is 5.88 Å². The molecule has 2 aromatic rings. The summed E-state index contributed by atoms with van der Waals surface area (Å²) in [7, 11) is 1.65. The molecular weight excluding hydrogens is 380 g/mol. The van der Waals surface area contributed by atoms with Gasteiger partial charge in [-0.05, 0) is 38.0 Å². The molecule has 1 aromatic heterocycles. The van der Waals surface area contributed by atoms with Gasteiger partial charge in [-0.2, -0.15) is 0 Å². The molecule has 0 saturated carbocycles. The lowest BCUT2D eigenvalue weighted by Gasteiger charge is -2.15. The molecule has 0 unspecified atom stereocenters. The Morgan fingerprint density at radius 2 is 1.90 bits per heavy atom. The maximum absolute atomic E-state index is 5.92. The predicted octanol–water partition coefficient (Wildman–Crippen LogP) is 3.46. The molecule has 2 rings (SSSR count). The van der Waals surface area contributed by atoms with E-state index >= 15 is 0 Å². The molecule has 164 valence electrons. The average Bonchev–Trinajstić information content (AvgIpc) is 2.76. The Labute approximate surface area is 179 Å². The number of nitrogens with one attached hydrogen (secondary N) is 2. The van der Waals surface area contributed by atoms with Crippen molar-refractivity contribution < 1.29 is 14.2 Å². The van der Waals surface area contributed by atoms with Crippen LogP contribution in [0.25, 0.3) is 0 Å². The van der Waals surface area contributed by atoms with E-state index in [1.165, 1.54) is 5.56 Å². The fourth-order valence-electron chi connectivity index (χ4n) is 2.74. The third kappa shape index (κ3) is 7.91. The van der Waals surface area contributed by atoms with E-state index in [1.54, 1.807) is 13.3 Å². The number of aromatic nitrogens is 1. The minimum absolute atomic E-state index is 0.455. The van der Waals surface area contributed by atoms with E-state index in [1.807, 2.05) is 19.1 Å². The van der Waals surface area contributed by atoms with Crippen LogP contribution in [0.1, 0.15) is 37.0 Å². The Balaban J connectivity index is 2.06. The lowest BCUT2D eigenvalue weighted by atomic mass is 10.1. The van der Waals surface area contributed by atoms with Gasteiger partial charge in [0.05, 0.1) is 19.8 Å². The van der Waals surface area contributed by atoms with Crippen LogP contribution in [0.15, 0.2) is 41.5 Å². The molecule has 7 heteroatoms. The van der Waals surface area contributed by atoms with Gasteiger partial charge in [-0.1, -0.05) is 25.1 Å². The monoisotopic (exact) mass is 414 g/mol. The highest BCUT2D eigenvalue weighted by Gasteiger charge is 2.08. The quantitative estimate of drug-likeness (QED) is 0.315. The Kier molecular flexibility index (Phi) is 10.5. The van der Waals surface area contributed by atoms with Crippen LogP contribution < -0.4 is 20.1 Å². The highest BCUT2D eigenvalue weighted by Crippen LogP contribution is 2.20. The summed E-state index contributed by atoms with van der Waals surface area (Å²) in [4.78, 5) is 9.01. The molecule has 0 spiro atoms. The molecule has 0 bridgehead atoms. The van der Waals surface area contributed by atoms with Crippen molar-refractivity contribution in [1.82, 2.24) is 15.6 Å². The molecule has 2 N–H and O–H groups in total. The summed E-state index contributed by atoms with van der Waals surface area (Å²) in [5.74, 6) is 2.23. The molecule has 0 saturated heterocycles. The third-order valence-electron chi connectivity index (χ3n) is 4.26. The van der Waals surface area contributed by atoms with E-state index in [0.29, 0.717) is 38.8 Å². The van der Waals surface area contributed by atoms with E-state index in [9.17, 15) is 0 Å². The lowest BCUT2D eigenvalue weighted by molar-refractivity contribution is 0.143. The van der Waals surface area contributed by atoms with Crippen molar-refractivity contribution in [3.05, 3.63) is 53.2 Å². The third-order valence-corrected chi connectivity index (χ3v) is 4.26. The second-order valence-corrected chi connectivity index (χ2v) is 6.82. The van der Waals surface area contributed by atoms with E-state index in [2.05, 4.69) is 47.7 Å². The van der Waals surface area contributed by atoms with E-state index in [4.69, 9.17) is 19.2 Å². The van der Waals surface area contributed by atoms with Crippen molar-refractivity contribution in [3.8, 4) is 11.6 Å². The first-order valence-corrected chi connectivity index (χ1v) is 10.5. The average molecular weight is 415 g/mol. The number of aliphatic imine (C=N–C) groups is 1. The second kappa shape index (κ2) is 13.4. The van der Waals surface area contributed by atoms with Crippen molar-refractivity contribution in [2.75, 3.05) is 33.5 Å². The lowest BCUT2D eigenvalue weighted by Crippen LogP contribution is -2.36. The Morgan fingerprint density at radius 3 is 2.67 bits per heavy atom. The fraction of sp³-hybridized carbons (Fsp3) is 0.478. The number of hydrogen-bond donors (Lipinski definition) is 2. The molecule has 7 nitrogen and oxygen atoms in total. The number of nitrogens with zero attached hydrogens (tertiary/aromatic N) is 2. The molecular formula is C23H34N4O3. The molecule has 0 aliphatic heterocycles. The SMILES string of the molecule is CCCOc1cc(C)ccc1CNC(=NCc1cccnc1OCCOC)NCC. The van der Waals surface area contributed by atoms with Gasteiger partial charge in [-0.25, -0.2) is 9.98 Å². The van der Waals surface area contributed by atoms with Gasteiger partial charge in [0.15, 0.2) is 5.96 Å². The number of ether oxygens (including phenoxy) is 3. The van der Waals surface area contributed by atoms with Crippen LogP contribution in [-0.4, -0.2) is 44.4 Å². The first-order valence-electron chi connectivity index (χ1n) is 10.5. The largest absolute Gasteiger partial charge is 0.493 e. The van der Waals surface area contributed by atoms with E-state index in [0.717, 1.165) is 35.8 Å². The Hall–Kier alpha value is -2.80. The van der Waals surface area contributed by atoms with Gasteiger partial charge in [0.1, 0.15) is 12.4 Å². The first-order chi connectivity index (χ1) is 14.7.